The van der Waals surface area contributed by atoms with Gasteiger partial charge in [-0.05, 0) is 19.2 Å². The Bertz CT molecular complexity index is 489. The summed E-state index contributed by atoms with van der Waals surface area (Å²) in [4.78, 5) is 14.6. The van der Waals surface area contributed by atoms with Gasteiger partial charge in [0.25, 0.3) is 0 Å². The minimum atomic E-state index is 0.890. The zero-order valence-corrected chi connectivity index (χ0v) is 9.27. The van der Waals surface area contributed by atoms with Crippen LogP contribution in [0.5, 0.6) is 0 Å². The van der Waals surface area contributed by atoms with Crippen molar-refractivity contribution in [3.05, 3.63) is 35.8 Å². The first-order valence-electron chi connectivity index (χ1n) is 5.50. The summed E-state index contributed by atoms with van der Waals surface area (Å²) in [6.45, 7) is 2.04. The molecule has 0 atom stereocenters. The Morgan fingerprint density at radius 1 is 1.38 bits per heavy atom. The highest BCUT2D eigenvalue weighted by molar-refractivity contribution is 5.50. The molecule has 2 aromatic heterocycles. The molecule has 4 nitrogen and oxygen atoms in total. The summed E-state index contributed by atoms with van der Waals surface area (Å²) in [5.41, 5.74) is 3.34. The van der Waals surface area contributed by atoms with Gasteiger partial charge in [-0.25, -0.2) is 4.98 Å². The summed E-state index contributed by atoms with van der Waals surface area (Å²) in [6.07, 6.45) is 2.82. The fraction of sp³-hybridized carbons (Fsp3) is 0.333. The second-order valence-corrected chi connectivity index (χ2v) is 4.21. The minimum Gasteiger partial charge on any atom is -0.339 e. The average Bonchev–Trinajstić information content (AvgIpc) is 2.73. The predicted octanol–water partition coefficient (Wildman–Crippen LogP) is 1.46. The maximum atomic E-state index is 4.61. The molecule has 4 heteroatoms. The van der Waals surface area contributed by atoms with Gasteiger partial charge in [0.15, 0.2) is 5.82 Å². The van der Waals surface area contributed by atoms with Gasteiger partial charge in [0.05, 0.1) is 11.4 Å². The van der Waals surface area contributed by atoms with Gasteiger partial charge in [-0.1, -0.05) is 6.07 Å². The second kappa shape index (κ2) is 3.72. The molecule has 16 heavy (non-hydrogen) atoms. The standard InChI is InChI=1S/C12H14N4/c1-16-7-5-9-11(8-16)15-12(14-9)10-4-2-3-6-13-10/h2-4,6H,5,7-8H2,1H3,(H,14,15). The first-order chi connectivity index (χ1) is 7.83. The van der Waals surface area contributed by atoms with Crippen molar-refractivity contribution in [1.29, 1.82) is 0 Å². The van der Waals surface area contributed by atoms with Crippen molar-refractivity contribution in [2.24, 2.45) is 0 Å². The highest BCUT2D eigenvalue weighted by Gasteiger charge is 2.18. The molecule has 0 fully saturated rings. The lowest BCUT2D eigenvalue weighted by atomic mass is 10.2. The van der Waals surface area contributed by atoms with Crippen molar-refractivity contribution < 1.29 is 0 Å². The van der Waals surface area contributed by atoms with Gasteiger partial charge >= 0.3 is 0 Å². The van der Waals surface area contributed by atoms with E-state index in [4.69, 9.17) is 0 Å². The zero-order chi connectivity index (χ0) is 11.0. The fourth-order valence-corrected chi connectivity index (χ4v) is 2.05. The van der Waals surface area contributed by atoms with Gasteiger partial charge in [0.2, 0.25) is 0 Å². The first kappa shape index (κ1) is 9.54. The van der Waals surface area contributed by atoms with Crippen LogP contribution in [0.2, 0.25) is 0 Å². The monoisotopic (exact) mass is 214 g/mol. The van der Waals surface area contributed by atoms with Crippen molar-refractivity contribution in [3.8, 4) is 11.5 Å². The van der Waals surface area contributed by atoms with Crippen LogP contribution in [0.1, 0.15) is 11.4 Å². The van der Waals surface area contributed by atoms with Gasteiger partial charge in [-0.15, -0.1) is 0 Å². The molecule has 0 aliphatic carbocycles. The van der Waals surface area contributed by atoms with Crippen molar-refractivity contribution in [2.45, 2.75) is 13.0 Å². The minimum absolute atomic E-state index is 0.890. The molecule has 1 aliphatic rings. The summed E-state index contributed by atoms with van der Waals surface area (Å²) < 4.78 is 0. The number of H-pyrrole nitrogens is 1. The summed E-state index contributed by atoms with van der Waals surface area (Å²) in [5.74, 6) is 0.890. The molecule has 0 aromatic carbocycles. The molecule has 3 rings (SSSR count). The number of nitrogens with one attached hydrogen (secondary N) is 1. The zero-order valence-electron chi connectivity index (χ0n) is 9.27. The van der Waals surface area contributed by atoms with Gasteiger partial charge in [0, 0.05) is 25.7 Å². The van der Waals surface area contributed by atoms with Crippen LogP contribution in [0, 0.1) is 0 Å². The van der Waals surface area contributed by atoms with E-state index in [0.29, 0.717) is 0 Å². The number of imidazole rings is 1. The van der Waals surface area contributed by atoms with Crippen molar-refractivity contribution in [1.82, 2.24) is 19.9 Å². The van der Waals surface area contributed by atoms with E-state index in [9.17, 15) is 0 Å². The molecular weight excluding hydrogens is 200 g/mol. The molecule has 0 radical (unpaired) electrons. The van der Waals surface area contributed by atoms with E-state index < -0.39 is 0 Å². The molecule has 0 saturated heterocycles. The molecule has 2 aromatic rings. The third-order valence-electron chi connectivity index (χ3n) is 2.93. The Morgan fingerprint density at radius 3 is 3.12 bits per heavy atom. The predicted molar refractivity (Wildman–Crippen MR) is 61.9 cm³/mol. The third kappa shape index (κ3) is 1.61. The molecule has 0 bridgehead atoms. The Hall–Kier alpha value is -1.68. The molecule has 3 heterocycles. The number of hydrogen-bond donors (Lipinski definition) is 1. The lowest BCUT2D eigenvalue weighted by molar-refractivity contribution is 0.307. The number of likely N-dealkylation sites (N-methyl/N-ethyl adjacent to an activating group) is 1. The van der Waals surface area contributed by atoms with Gasteiger partial charge in [-0.3, -0.25) is 4.98 Å². The summed E-state index contributed by atoms with van der Waals surface area (Å²) in [7, 11) is 2.13. The van der Waals surface area contributed by atoms with E-state index in [0.717, 1.165) is 31.0 Å². The number of hydrogen-bond acceptors (Lipinski definition) is 3. The third-order valence-corrected chi connectivity index (χ3v) is 2.93. The van der Waals surface area contributed by atoms with Gasteiger partial charge in [-0.2, -0.15) is 0 Å². The van der Waals surface area contributed by atoms with Crippen LogP contribution in [0.15, 0.2) is 24.4 Å². The number of aromatic amines is 1. The van der Waals surface area contributed by atoms with Crippen molar-refractivity contribution in [2.75, 3.05) is 13.6 Å². The summed E-state index contributed by atoms with van der Waals surface area (Å²) in [5, 5.41) is 0. The number of rotatable bonds is 1. The van der Waals surface area contributed by atoms with Crippen LogP contribution >= 0.6 is 0 Å². The summed E-state index contributed by atoms with van der Waals surface area (Å²) in [6, 6.07) is 5.88. The SMILES string of the molecule is CN1CCc2nc(-c3ccccn3)[nH]c2C1. The molecule has 0 spiro atoms. The van der Waals surface area contributed by atoms with Crippen LogP contribution < -0.4 is 0 Å². The molecule has 82 valence electrons. The van der Waals surface area contributed by atoms with E-state index in [1.807, 2.05) is 18.2 Å². The topological polar surface area (TPSA) is 44.8 Å². The van der Waals surface area contributed by atoms with E-state index in [2.05, 4.69) is 26.9 Å². The fourth-order valence-electron chi connectivity index (χ4n) is 2.05. The largest absolute Gasteiger partial charge is 0.339 e. The number of aromatic nitrogens is 3. The second-order valence-electron chi connectivity index (χ2n) is 4.21. The van der Waals surface area contributed by atoms with Gasteiger partial charge < -0.3 is 9.88 Å². The maximum absolute atomic E-state index is 4.61. The van der Waals surface area contributed by atoms with Crippen LogP contribution in [0.4, 0.5) is 0 Å². The number of nitrogens with zero attached hydrogens (tertiary/aromatic N) is 3. The molecule has 0 unspecified atom stereocenters. The van der Waals surface area contributed by atoms with Crippen LogP contribution in [-0.2, 0) is 13.0 Å². The molecule has 1 aliphatic heterocycles. The van der Waals surface area contributed by atoms with Crippen molar-refractivity contribution in [3.63, 3.8) is 0 Å². The Balaban J connectivity index is 1.99. The van der Waals surface area contributed by atoms with Crippen molar-refractivity contribution >= 4 is 0 Å². The van der Waals surface area contributed by atoms with Gasteiger partial charge in [0.1, 0.15) is 5.69 Å². The molecular formula is C12H14N4. The Morgan fingerprint density at radius 2 is 2.31 bits per heavy atom. The average molecular weight is 214 g/mol. The van der Waals surface area contributed by atoms with E-state index in [1.54, 1.807) is 6.20 Å². The van der Waals surface area contributed by atoms with Crippen LogP contribution in [0.3, 0.4) is 0 Å². The first-order valence-corrected chi connectivity index (χ1v) is 5.50. The molecule has 0 amide bonds. The molecule has 0 saturated carbocycles. The normalized spacial score (nSPS) is 16.1. The number of fused-ring (bicyclic) bond motifs is 1. The van der Waals surface area contributed by atoms with E-state index >= 15 is 0 Å². The smallest absolute Gasteiger partial charge is 0.156 e. The quantitative estimate of drug-likeness (QED) is 0.781. The lowest BCUT2D eigenvalue weighted by Gasteiger charge is -2.20. The van der Waals surface area contributed by atoms with Crippen LogP contribution in [0.25, 0.3) is 11.5 Å². The van der Waals surface area contributed by atoms with Crippen LogP contribution in [-0.4, -0.2) is 33.4 Å². The molecule has 1 N–H and O–H groups in total. The van der Waals surface area contributed by atoms with E-state index in [1.165, 1.54) is 11.4 Å². The summed E-state index contributed by atoms with van der Waals surface area (Å²) >= 11 is 0. The lowest BCUT2D eigenvalue weighted by Crippen LogP contribution is -2.26. The Kier molecular flexibility index (Phi) is 2.22. The highest BCUT2D eigenvalue weighted by Crippen LogP contribution is 2.20. The maximum Gasteiger partial charge on any atom is 0.156 e. The Labute approximate surface area is 94.4 Å². The highest BCUT2D eigenvalue weighted by atomic mass is 15.1. The number of pyridine rings is 1. The van der Waals surface area contributed by atoms with E-state index in [-0.39, 0.29) is 0 Å².